The quantitative estimate of drug-likeness (QED) is 0.794. The van der Waals surface area contributed by atoms with E-state index in [1.165, 1.54) is 6.33 Å². The van der Waals surface area contributed by atoms with E-state index in [1.807, 2.05) is 0 Å². The molecule has 0 atom stereocenters. The van der Waals surface area contributed by atoms with Crippen molar-refractivity contribution in [1.82, 2.24) is 10.1 Å². The molecule has 0 bridgehead atoms. The van der Waals surface area contributed by atoms with Crippen LogP contribution in [0.4, 0.5) is 0 Å². The molecule has 72 valence electrons. The molecule has 2 aromatic rings. The molecular weight excluding hydrogens is 223 g/mol. The maximum Gasteiger partial charge on any atom is 0.230 e. The Hall–Kier alpha value is -1.06. The van der Waals surface area contributed by atoms with E-state index in [2.05, 4.69) is 10.1 Å². The van der Waals surface area contributed by atoms with Crippen molar-refractivity contribution in [3.63, 3.8) is 0 Å². The van der Waals surface area contributed by atoms with Gasteiger partial charge in [-0.05, 0) is 17.7 Å². The van der Waals surface area contributed by atoms with Crippen LogP contribution in [-0.2, 0) is 6.42 Å². The van der Waals surface area contributed by atoms with E-state index in [9.17, 15) is 0 Å². The van der Waals surface area contributed by atoms with Gasteiger partial charge in [-0.3, -0.25) is 0 Å². The molecule has 1 heterocycles. The number of rotatable bonds is 2. The van der Waals surface area contributed by atoms with Crippen molar-refractivity contribution in [2.75, 3.05) is 0 Å². The van der Waals surface area contributed by atoms with Gasteiger partial charge >= 0.3 is 0 Å². The van der Waals surface area contributed by atoms with Gasteiger partial charge in [0.15, 0.2) is 6.33 Å². The summed E-state index contributed by atoms with van der Waals surface area (Å²) in [4.78, 5) is 3.90. The maximum absolute atomic E-state index is 5.97. The zero-order valence-corrected chi connectivity index (χ0v) is 8.59. The first-order chi connectivity index (χ1) is 6.77. The largest absolute Gasteiger partial charge is 0.339 e. The van der Waals surface area contributed by atoms with Crippen LogP contribution in [0.2, 0.25) is 10.0 Å². The molecule has 1 aromatic carbocycles. The molecule has 2 rings (SSSR count). The summed E-state index contributed by atoms with van der Waals surface area (Å²) in [5.41, 5.74) is 0.806. The van der Waals surface area contributed by atoms with Crippen molar-refractivity contribution in [2.45, 2.75) is 6.42 Å². The highest BCUT2D eigenvalue weighted by atomic mass is 35.5. The van der Waals surface area contributed by atoms with E-state index in [4.69, 9.17) is 27.7 Å². The number of hydrogen-bond acceptors (Lipinski definition) is 3. The van der Waals surface area contributed by atoms with Crippen LogP contribution in [0.1, 0.15) is 11.5 Å². The highest BCUT2D eigenvalue weighted by molar-refractivity contribution is 6.36. The van der Waals surface area contributed by atoms with Gasteiger partial charge in [0.25, 0.3) is 0 Å². The fourth-order valence-corrected chi connectivity index (χ4v) is 1.66. The second-order valence-electron chi connectivity index (χ2n) is 2.71. The van der Waals surface area contributed by atoms with E-state index in [0.717, 1.165) is 5.56 Å². The van der Waals surface area contributed by atoms with E-state index in [1.54, 1.807) is 18.2 Å². The average Bonchev–Trinajstić information content (AvgIpc) is 2.64. The van der Waals surface area contributed by atoms with E-state index >= 15 is 0 Å². The molecule has 0 aliphatic heterocycles. The third-order valence-electron chi connectivity index (χ3n) is 1.80. The van der Waals surface area contributed by atoms with Crippen molar-refractivity contribution >= 4 is 23.2 Å². The monoisotopic (exact) mass is 228 g/mol. The van der Waals surface area contributed by atoms with Crippen molar-refractivity contribution in [3.8, 4) is 0 Å². The summed E-state index contributed by atoms with van der Waals surface area (Å²) in [6.45, 7) is 0. The molecule has 0 N–H and O–H groups in total. The van der Waals surface area contributed by atoms with Crippen LogP contribution in [0.15, 0.2) is 29.0 Å². The van der Waals surface area contributed by atoms with Gasteiger partial charge in [0.1, 0.15) is 0 Å². The molecule has 14 heavy (non-hydrogen) atoms. The smallest absolute Gasteiger partial charge is 0.230 e. The number of aromatic nitrogens is 2. The lowest BCUT2D eigenvalue weighted by molar-refractivity contribution is 0.384. The lowest BCUT2D eigenvalue weighted by Gasteiger charge is -2.02. The Kier molecular flexibility index (Phi) is 2.70. The lowest BCUT2D eigenvalue weighted by Crippen LogP contribution is -1.90. The molecule has 0 amide bonds. The highest BCUT2D eigenvalue weighted by Crippen LogP contribution is 2.25. The third kappa shape index (κ3) is 1.89. The summed E-state index contributed by atoms with van der Waals surface area (Å²) >= 11 is 11.9. The summed E-state index contributed by atoms with van der Waals surface area (Å²) in [5, 5.41) is 4.72. The predicted molar refractivity (Wildman–Crippen MR) is 53.6 cm³/mol. The Morgan fingerprint density at radius 3 is 2.50 bits per heavy atom. The van der Waals surface area contributed by atoms with Crippen LogP contribution in [0.5, 0.6) is 0 Å². The first kappa shape index (κ1) is 9.49. The number of halogens is 2. The van der Waals surface area contributed by atoms with Crippen molar-refractivity contribution in [1.29, 1.82) is 0 Å². The first-order valence-corrected chi connectivity index (χ1v) is 4.71. The minimum Gasteiger partial charge on any atom is -0.339 e. The van der Waals surface area contributed by atoms with Crippen LogP contribution in [0, 0.1) is 0 Å². The van der Waals surface area contributed by atoms with Gasteiger partial charge in [-0.15, -0.1) is 0 Å². The molecular formula is C9H6Cl2N2O. The van der Waals surface area contributed by atoms with Crippen molar-refractivity contribution in [2.24, 2.45) is 0 Å². The molecule has 0 aliphatic rings. The van der Waals surface area contributed by atoms with Gasteiger partial charge in [-0.25, -0.2) is 0 Å². The second kappa shape index (κ2) is 3.98. The van der Waals surface area contributed by atoms with E-state index < -0.39 is 0 Å². The van der Waals surface area contributed by atoms with Crippen LogP contribution in [0.25, 0.3) is 0 Å². The Morgan fingerprint density at radius 1 is 1.21 bits per heavy atom. The second-order valence-corrected chi connectivity index (χ2v) is 3.53. The maximum atomic E-state index is 5.97. The van der Waals surface area contributed by atoms with Crippen LogP contribution < -0.4 is 0 Å². The van der Waals surface area contributed by atoms with Gasteiger partial charge in [-0.1, -0.05) is 34.4 Å². The van der Waals surface area contributed by atoms with Crippen LogP contribution in [-0.4, -0.2) is 10.1 Å². The highest BCUT2D eigenvalue weighted by Gasteiger charge is 2.09. The van der Waals surface area contributed by atoms with Gasteiger partial charge in [0.2, 0.25) is 5.89 Å². The SMILES string of the molecule is Clc1cccc(Cl)c1Cc1ncno1. The molecule has 0 unspecified atom stereocenters. The molecule has 0 saturated carbocycles. The van der Waals surface area contributed by atoms with E-state index in [0.29, 0.717) is 22.4 Å². The first-order valence-electron chi connectivity index (χ1n) is 3.96. The number of nitrogens with zero attached hydrogens (tertiary/aromatic N) is 2. The normalized spacial score (nSPS) is 10.4. The van der Waals surface area contributed by atoms with Crippen molar-refractivity contribution < 1.29 is 4.52 Å². The minimum atomic E-state index is 0.457. The molecule has 0 spiro atoms. The fraction of sp³-hybridized carbons (Fsp3) is 0.111. The minimum absolute atomic E-state index is 0.457. The predicted octanol–water partition coefficient (Wildman–Crippen LogP) is 2.97. The Bertz CT molecular complexity index is 408. The van der Waals surface area contributed by atoms with Gasteiger partial charge in [0.05, 0.1) is 6.42 Å². The lowest BCUT2D eigenvalue weighted by atomic mass is 10.1. The Morgan fingerprint density at radius 2 is 1.93 bits per heavy atom. The van der Waals surface area contributed by atoms with Crippen LogP contribution >= 0.6 is 23.2 Å². The summed E-state index contributed by atoms with van der Waals surface area (Å²) in [6, 6.07) is 5.35. The van der Waals surface area contributed by atoms with E-state index in [-0.39, 0.29) is 0 Å². The summed E-state index contributed by atoms with van der Waals surface area (Å²) in [6.07, 6.45) is 1.80. The Labute approximate surface area is 90.6 Å². The van der Waals surface area contributed by atoms with Gasteiger partial charge in [0, 0.05) is 10.0 Å². The topological polar surface area (TPSA) is 38.9 Å². The Balaban J connectivity index is 2.33. The summed E-state index contributed by atoms with van der Waals surface area (Å²) in [7, 11) is 0. The third-order valence-corrected chi connectivity index (χ3v) is 2.50. The summed E-state index contributed by atoms with van der Waals surface area (Å²) < 4.78 is 4.87. The average molecular weight is 229 g/mol. The molecule has 5 heteroatoms. The summed E-state index contributed by atoms with van der Waals surface area (Å²) in [5.74, 6) is 0.500. The molecule has 0 radical (unpaired) electrons. The number of hydrogen-bond donors (Lipinski definition) is 0. The molecule has 0 aliphatic carbocycles. The van der Waals surface area contributed by atoms with Crippen LogP contribution in [0.3, 0.4) is 0 Å². The standard InChI is InChI=1S/C9H6Cl2N2O/c10-7-2-1-3-8(11)6(7)4-9-12-5-13-14-9/h1-3,5H,4H2. The molecule has 0 saturated heterocycles. The van der Waals surface area contributed by atoms with Gasteiger partial charge in [-0.2, -0.15) is 4.98 Å². The zero-order valence-electron chi connectivity index (χ0n) is 7.08. The fourth-order valence-electron chi connectivity index (χ4n) is 1.13. The molecule has 1 aromatic heterocycles. The number of benzene rings is 1. The molecule has 3 nitrogen and oxygen atoms in total. The zero-order chi connectivity index (χ0) is 9.97. The van der Waals surface area contributed by atoms with Crippen molar-refractivity contribution in [3.05, 3.63) is 46.0 Å². The van der Waals surface area contributed by atoms with Gasteiger partial charge < -0.3 is 4.52 Å². The molecule has 0 fully saturated rings.